The van der Waals surface area contributed by atoms with Crippen LogP contribution >= 0.6 is 34.2 Å². The predicted octanol–water partition coefficient (Wildman–Crippen LogP) is 3.21. The normalized spacial score (nSPS) is 9.50. The average Bonchev–Trinajstić information content (AvgIpc) is 2.08. The Balaban J connectivity index is 3.41. The van der Waals surface area contributed by atoms with Crippen LogP contribution < -0.4 is 0 Å². The van der Waals surface area contributed by atoms with E-state index in [1.807, 2.05) is 19.1 Å². The summed E-state index contributed by atoms with van der Waals surface area (Å²) >= 11 is 7.92. The summed E-state index contributed by atoms with van der Waals surface area (Å²) in [5.74, 6) is 0.406. The van der Waals surface area contributed by atoms with Gasteiger partial charge in [-0.3, -0.25) is 0 Å². The molecule has 0 saturated heterocycles. The molecule has 0 spiro atoms. The number of nitriles is 1. The molecule has 0 aromatic heterocycles. The number of rotatable bonds is 1. The highest BCUT2D eigenvalue weighted by Crippen LogP contribution is 2.21. The molecule has 12 heavy (non-hydrogen) atoms. The van der Waals surface area contributed by atoms with Crippen molar-refractivity contribution in [1.29, 1.82) is 5.26 Å². The Kier molecular flexibility index (Phi) is 3.36. The van der Waals surface area contributed by atoms with Crippen molar-refractivity contribution >= 4 is 34.2 Å². The lowest BCUT2D eigenvalue weighted by atomic mass is 10.0. The monoisotopic (exact) mass is 291 g/mol. The zero-order valence-corrected chi connectivity index (χ0v) is 9.48. The number of benzene rings is 1. The smallest absolute Gasteiger partial charge is 0.0998 e. The Labute approximate surface area is 90.5 Å². The number of alkyl halides is 1. The fourth-order valence-corrected chi connectivity index (χ4v) is 2.17. The summed E-state index contributed by atoms with van der Waals surface area (Å²) in [5.41, 5.74) is 2.66. The molecule has 0 N–H and O–H groups in total. The minimum Gasteiger partial charge on any atom is -0.192 e. The molecule has 1 aromatic rings. The molecule has 0 atom stereocenters. The molecule has 0 aliphatic heterocycles. The molecule has 0 unspecified atom stereocenters. The van der Waals surface area contributed by atoms with Crippen LogP contribution in [0.25, 0.3) is 0 Å². The summed E-state index contributed by atoms with van der Waals surface area (Å²) in [6.45, 7) is 1.92. The number of aryl methyl sites for hydroxylation is 1. The van der Waals surface area contributed by atoms with Crippen LogP contribution in [0.2, 0.25) is 0 Å². The van der Waals surface area contributed by atoms with Gasteiger partial charge in [0.05, 0.1) is 11.6 Å². The second-order valence-electron chi connectivity index (χ2n) is 2.46. The van der Waals surface area contributed by atoms with Crippen LogP contribution in [0.4, 0.5) is 0 Å². The molecular formula is C9H7ClIN. The van der Waals surface area contributed by atoms with Crippen LogP contribution in [0.1, 0.15) is 16.7 Å². The molecule has 0 amide bonds. The minimum absolute atomic E-state index is 0.406. The van der Waals surface area contributed by atoms with Crippen molar-refractivity contribution in [1.82, 2.24) is 0 Å². The van der Waals surface area contributed by atoms with Crippen LogP contribution in [0, 0.1) is 21.8 Å². The van der Waals surface area contributed by atoms with E-state index < -0.39 is 0 Å². The summed E-state index contributed by atoms with van der Waals surface area (Å²) in [6.07, 6.45) is 0. The van der Waals surface area contributed by atoms with Crippen molar-refractivity contribution in [2.24, 2.45) is 0 Å². The molecule has 0 fully saturated rings. The molecule has 62 valence electrons. The van der Waals surface area contributed by atoms with E-state index in [1.165, 1.54) is 0 Å². The lowest BCUT2D eigenvalue weighted by Crippen LogP contribution is -1.93. The van der Waals surface area contributed by atoms with Gasteiger partial charge in [0.2, 0.25) is 0 Å². The van der Waals surface area contributed by atoms with Gasteiger partial charge in [-0.1, -0.05) is 6.07 Å². The summed E-state index contributed by atoms with van der Waals surface area (Å²) < 4.78 is 1.06. The lowest BCUT2D eigenvalue weighted by molar-refractivity contribution is 1.27. The largest absolute Gasteiger partial charge is 0.192 e. The Hall–Kier alpha value is -0.270. The Bertz CT molecular complexity index is 341. The minimum atomic E-state index is 0.406. The molecule has 0 bridgehead atoms. The van der Waals surface area contributed by atoms with Crippen molar-refractivity contribution in [3.63, 3.8) is 0 Å². The Morgan fingerprint density at radius 3 is 2.67 bits per heavy atom. The second kappa shape index (κ2) is 4.11. The Morgan fingerprint density at radius 1 is 1.58 bits per heavy atom. The first-order valence-corrected chi connectivity index (χ1v) is 5.06. The van der Waals surface area contributed by atoms with Gasteiger partial charge in [-0.2, -0.15) is 5.26 Å². The molecule has 0 radical (unpaired) electrons. The van der Waals surface area contributed by atoms with Crippen LogP contribution in [0.3, 0.4) is 0 Å². The number of hydrogen-bond donors (Lipinski definition) is 0. The molecule has 0 aliphatic rings. The van der Waals surface area contributed by atoms with Gasteiger partial charge in [0.25, 0.3) is 0 Å². The van der Waals surface area contributed by atoms with Crippen molar-refractivity contribution in [3.05, 3.63) is 32.4 Å². The van der Waals surface area contributed by atoms with Gasteiger partial charge in [-0.25, -0.2) is 0 Å². The zero-order chi connectivity index (χ0) is 9.14. The van der Waals surface area contributed by atoms with Gasteiger partial charge in [0, 0.05) is 9.45 Å². The molecule has 0 saturated carbocycles. The summed E-state index contributed by atoms with van der Waals surface area (Å²) in [6, 6.07) is 6.09. The molecule has 1 rings (SSSR count). The molecule has 0 heterocycles. The van der Waals surface area contributed by atoms with Crippen LogP contribution in [-0.2, 0) is 5.88 Å². The van der Waals surface area contributed by atoms with Gasteiger partial charge in [0.1, 0.15) is 0 Å². The molecule has 3 heteroatoms. The van der Waals surface area contributed by atoms with E-state index in [2.05, 4.69) is 28.7 Å². The molecule has 0 aliphatic carbocycles. The van der Waals surface area contributed by atoms with E-state index in [4.69, 9.17) is 16.9 Å². The van der Waals surface area contributed by atoms with E-state index in [9.17, 15) is 0 Å². The molecular weight excluding hydrogens is 284 g/mol. The van der Waals surface area contributed by atoms with Gasteiger partial charge < -0.3 is 0 Å². The number of hydrogen-bond acceptors (Lipinski definition) is 1. The highest BCUT2D eigenvalue weighted by Gasteiger charge is 2.07. The third kappa shape index (κ3) is 1.73. The maximum absolute atomic E-state index is 8.84. The fourth-order valence-electron chi connectivity index (χ4n) is 1.03. The van der Waals surface area contributed by atoms with Gasteiger partial charge in [0.15, 0.2) is 0 Å². The molecule has 1 aromatic carbocycles. The van der Waals surface area contributed by atoms with Crippen molar-refractivity contribution < 1.29 is 0 Å². The van der Waals surface area contributed by atoms with Crippen molar-refractivity contribution in [2.75, 3.05) is 0 Å². The van der Waals surface area contributed by atoms with Crippen molar-refractivity contribution in [3.8, 4) is 6.07 Å². The quantitative estimate of drug-likeness (QED) is 0.576. The fraction of sp³-hybridized carbons (Fsp3) is 0.222. The highest BCUT2D eigenvalue weighted by atomic mass is 127. The SMILES string of the molecule is Cc1ccc(I)c(CCl)c1C#N. The first-order valence-electron chi connectivity index (χ1n) is 3.44. The lowest BCUT2D eigenvalue weighted by Gasteiger charge is -2.05. The topological polar surface area (TPSA) is 23.8 Å². The maximum Gasteiger partial charge on any atom is 0.0998 e. The van der Waals surface area contributed by atoms with E-state index in [1.54, 1.807) is 0 Å². The molecule has 1 nitrogen and oxygen atoms in total. The van der Waals surface area contributed by atoms with Crippen LogP contribution in [-0.4, -0.2) is 0 Å². The third-order valence-corrected chi connectivity index (χ3v) is 2.99. The standard InChI is InChI=1S/C9H7ClIN/c1-6-2-3-9(11)7(4-10)8(6)5-12/h2-3H,4H2,1H3. The van der Waals surface area contributed by atoms with E-state index >= 15 is 0 Å². The highest BCUT2D eigenvalue weighted by molar-refractivity contribution is 14.1. The first-order chi connectivity index (χ1) is 5.70. The summed E-state index contributed by atoms with van der Waals surface area (Å²) in [7, 11) is 0. The van der Waals surface area contributed by atoms with Gasteiger partial charge in [-0.15, -0.1) is 11.6 Å². The summed E-state index contributed by atoms with van der Waals surface area (Å²) in [4.78, 5) is 0. The zero-order valence-electron chi connectivity index (χ0n) is 6.56. The van der Waals surface area contributed by atoms with E-state index in [0.717, 1.165) is 20.3 Å². The second-order valence-corrected chi connectivity index (χ2v) is 3.89. The maximum atomic E-state index is 8.84. The van der Waals surface area contributed by atoms with E-state index in [-0.39, 0.29) is 0 Å². The van der Waals surface area contributed by atoms with Crippen LogP contribution in [0.5, 0.6) is 0 Å². The Morgan fingerprint density at radius 2 is 2.25 bits per heavy atom. The van der Waals surface area contributed by atoms with Gasteiger partial charge >= 0.3 is 0 Å². The first kappa shape index (κ1) is 9.82. The summed E-state index contributed by atoms with van der Waals surface area (Å²) in [5, 5.41) is 8.84. The average molecular weight is 292 g/mol. The number of nitrogens with zero attached hydrogens (tertiary/aromatic N) is 1. The van der Waals surface area contributed by atoms with Crippen LogP contribution in [0.15, 0.2) is 12.1 Å². The number of halogens is 2. The predicted molar refractivity (Wildman–Crippen MR) is 58.2 cm³/mol. The van der Waals surface area contributed by atoms with Crippen molar-refractivity contribution in [2.45, 2.75) is 12.8 Å². The van der Waals surface area contributed by atoms with Gasteiger partial charge in [-0.05, 0) is 46.7 Å². The van der Waals surface area contributed by atoms with E-state index in [0.29, 0.717) is 5.88 Å². The third-order valence-electron chi connectivity index (χ3n) is 1.71.